The van der Waals surface area contributed by atoms with E-state index in [2.05, 4.69) is 29.1 Å². The molecule has 4 rings (SSSR count). The molecule has 0 spiro atoms. The number of anilines is 1. The predicted octanol–water partition coefficient (Wildman–Crippen LogP) is 3.31. The lowest BCUT2D eigenvalue weighted by Gasteiger charge is -2.32. The standard InChI is InChI=1S/C21H28F3N5O3S/c1-20(2)9-3-4-16(20)29-17(30)6-5-14-12-25-19(27-18(14)29)26-15-7-10-28(11-8-15)33(31,32)13-21(22,23)24/h5-6,12,15-16H,3-4,7-11,13H2,1-2H3,(H,25,26,27)/t16-/m1/s1. The van der Waals surface area contributed by atoms with Gasteiger partial charge in [0.25, 0.3) is 5.56 Å². The van der Waals surface area contributed by atoms with Crippen LogP contribution in [0.25, 0.3) is 11.0 Å². The fourth-order valence-electron chi connectivity index (χ4n) is 4.96. The summed E-state index contributed by atoms with van der Waals surface area (Å²) in [5.41, 5.74) is 0.395. The van der Waals surface area contributed by atoms with Crippen molar-refractivity contribution < 1.29 is 21.6 Å². The molecule has 3 heterocycles. The lowest BCUT2D eigenvalue weighted by molar-refractivity contribution is -0.107. The van der Waals surface area contributed by atoms with Gasteiger partial charge in [0.1, 0.15) is 5.65 Å². The highest BCUT2D eigenvalue weighted by molar-refractivity contribution is 7.89. The molecule has 8 nitrogen and oxygen atoms in total. The average Bonchev–Trinajstić information content (AvgIpc) is 3.05. The number of pyridine rings is 1. The van der Waals surface area contributed by atoms with Gasteiger partial charge in [-0.3, -0.25) is 9.36 Å². The van der Waals surface area contributed by atoms with Crippen molar-refractivity contribution in [3.8, 4) is 0 Å². The minimum atomic E-state index is -4.77. The van der Waals surface area contributed by atoms with Gasteiger partial charge in [0.2, 0.25) is 16.0 Å². The number of nitrogens with one attached hydrogen (secondary N) is 1. The summed E-state index contributed by atoms with van der Waals surface area (Å²) >= 11 is 0. The molecule has 33 heavy (non-hydrogen) atoms. The predicted molar refractivity (Wildman–Crippen MR) is 119 cm³/mol. The van der Waals surface area contributed by atoms with Gasteiger partial charge in [0.05, 0.1) is 0 Å². The highest BCUT2D eigenvalue weighted by atomic mass is 32.2. The van der Waals surface area contributed by atoms with Crippen LogP contribution in [0.4, 0.5) is 19.1 Å². The first-order valence-electron chi connectivity index (χ1n) is 11.1. The maximum Gasteiger partial charge on any atom is 0.404 e. The van der Waals surface area contributed by atoms with Crippen molar-refractivity contribution in [2.75, 3.05) is 24.2 Å². The van der Waals surface area contributed by atoms with E-state index in [-0.39, 0.29) is 36.1 Å². The third kappa shape index (κ3) is 5.16. The van der Waals surface area contributed by atoms with Crippen molar-refractivity contribution in [3.63, 3.8) is 0 Å². The highest BCUT2D eigenvalue weighted by Gasteiger charge is 2.40. The molecule has 1 atom stereocenters. The topological polar surface area (TPSA) is 97.2 Å². The lowest BCUT2D eigenvalue weighted by atomic mass is 9.87. The Balaban J connectivity index is 1.52. The molecule has 2 aromatic heterocycles. The zero-order valence-electron chi connectivity index (χ0n) is 18.6. The average molecular weight is 488 g/mol. The van der Waals surface area contributed by atoms with Crippen LogP contribution in [-0.4, -0.2) is 58.3 Å². The van der Waals surface area contributed by atoms with Gasteiger partial charge in [-0.25, -0.2) is 17.7 Å². The van der Waals surface area contributed by atoms with E-state index in [4.69, 9.17) is 0 Å². The quantitative estimate of drug-likeness (QED) is 0.695. The molecular formula is C21H28F3N5O3S. The molecule has 1 saturated carbocycles. The third-order valence-corrected chi connectivity index (χ3v) is 8.55. The second-order valence-electron chi connectivity index (χ2n) is 9.60. The first-order chi connectivity index (χ1) is 15.4. The van der Waals surface area contributed by atoms with Gasteiger partial charge in [-0.1, -0.05) is 20.3 Å². The fourth-order valence-corrected chi connectivity index (χ4v) is 6.32. The molecule has 182 valence electrons. The molecule has 1 saturated heterocycles. The van der Waals surface area contributed by atoms with Crippen LogP contribution in [0.3, 0.4) is 0 Å². The van der Waals surface area contributed by atoms with Crippen LogP contribution in [-0.2, 0) is 10.0 Å². The Morgan fingerprint density at radius 3 is 2.48 bits per heavy atom. The molecule has 1 aliphatic heterocycles. The van der Waals surface area contributed by atoms with Crippen molar-refractivity contribution in [1.82, 2.24) is 18.8 Å². The highest BCUT2D eigenvalue weighted by Crippen LogP contribution is 2.45. The number of nitrogens with zero attached hydrogens (tertiary/aromatic N) is 4. The molecule has 2 aliphatic rings. The Morgan fingerprint density at radius 1 is 1.18 bits per heavy atom. The first-order valence-corrected chi connectivity index (χ1v) is 12.7. The molecule has 1 N–H and O–H groups in total. The van der Waals surface area contributed by atoms with Crippen LogP contribution in [0.15, 0.2) is 23.1 Å². The van der Waals surface area contributed by atoms with E-state index >= 15 is 0 Å². The lowest BCUT2D eigenvalue weighted by Crippen LogP contribution is -2.45. The SMILES string of the molecule is CC1(C)CCC[C@H]1n1c(=O)ccc2cnc(NC3CCN(S(=O)(=O)CC(F)(F)F)CC3)nc21. The second kappa shape index (κ2) is 8.53. The number of piperidine rings is 1. The second-order valence-corrected chi connectivity index (χ2v) is 11.6. The summed E-state index contributed by atoms with van der Waals surface area (Å²) in [6.45, 7) is 4.28. The number of alkyl halides is 3. The molecule has 0 amide bonds. The third-order valence-electron chi connectivity index (χ3n) is 6.71. The summed E-state index contributed by atoms with van der Waals surface area (Å²) in [7, 11) is -4.39. The Bertz CT molecular complexity index is 1190. The van der Waals surface area contributed by atoms with Gasteiger partial charge in [-0.2, -0.15) is 18.2 Å². The van der Waals surface area contributed by atoms with Crippen LogP contribution in [0.2, 0.25) is 0 Å². The van der Waals surface area contributed by atoms with Crippen LogP contribution >= 0.6 is 0 Å². The van der Waals surface area contributed by atoms with E-state index in [0.717, 1.165) is 29.0 Å². The van der Waals surface area contributed by atoms with Crippen LogP contribution in [0.1, 0.15) is 52.0 Å². The Kier molecular flexibility index (Phi) is 6.19. The summed E-state index contributed by atoms with van der Waals surface area (Å²) in [5.74, 6) is -1.53. The minimum Gasteiger partial charge on any atom is -0.351 e. The van der Waals surface area contributed by atoms with Crippen LogP contribution in [0.5, 0.6) is 0 Å². The molecule has 0 bridgehead atoms. The molecular weight excluding hydrogens is 459 g/mol. The van der Waals surface area contributed by atoms with Crippen molar-refractivity contribution in [2.24, 2.45) is 5.41 Å². The van der Waals surface area contributed by atoms with Crippen molar-refractivity contribution in [2.45, 2.75) is 64.2 Å². The number of sulfonamides is 1. The Hall–Kier alpha value is -2.21. The van der Waals surface area contributed by atoms with E-state index in [1.54, 1.807) is 16.8 Å². The number of halogens is 3. The molecule has 1 aliphatic carbocycles. The molecule has 12 heteroatoms. The van der Waals surface area contributed by atoms with Gasteiger partial charge in [0.15, 0.2) is 5.75 Å². The van der Waals surface area contributed by atoms with E-state index < -0.39 is 22.0 Å². The molecule has 0 radical (unpaired) electrons. The van der Waals surface area contributed by atoms with Crippen LogP contribution < -0.4 is 10.9 Å². The number of hydrogen-bond acceptors (Lipinski definition) is 6. The Labute approximate surface area is 190 Å². The Morgan fingerprint density at radius 2 is 1.88 bits per heavy atom. The van der Waals surface area contributed by atoms with Gasteiger partial charge in [0, 0.05) is 42.8 Å². The number of rotatable bonds is 5. The zero-order chi connectivity index (χ0) is 24.0. The first kappa shape index (κ1) is 23.9. The summed E-state index contributed by atoms with van der Waals surface area (Å²) < 4.78 is 64.3. The fraction of sp³-hybridized carbons (Fsp3) is 0.667. The number of aromatic nitrogens is 3. The monoisotopic (exact) mass is 487 g/mol. The van der Waals surface area contributed by atoms with Crippen LogP contribution in [0, 0.1) is 5.41 Å². The maximum absolute atomic E-state index is 12.8. The van der Waals surface area contributed by atoms with Crippen molar-refractivity contribution in [1.29, 1.82) is 0 Å². The van der Waals surface area contributed by atoms with Gasteiger partial charge in [-0.15, -0.1) is 0 Å². The summed E-state index contributed by atoms with van der Waals surface area (Å²) in [4.78, 5) is 21.7. The summed E-state index contributed by atoms with van der Waals surface area (Å²) in [6.07, 6.45) is 0.482. The van der Waals surface area contributed by atoms with E-state index in [0.29, 0.717) is 24.4 Å². The number of fused-ring (bicyclic) bond motifs is 1. The zero-order valence-corrected chi connectivity index (χ0v) is 19.4. The van der Waals surface area contributed by atoms with Gasteiger partial charge >= 0.3 is 6.18 Å². The normalized spacial score (nSPS) is 22.6. The molecule has 2 fully saturated rings. The van der Waals surface area contributed by atoms with E-state index in [1.807, 2.05) is 0 Å². The largest absolute Gasteiger partial charge is 0.404 e. The smallest absolute Gasteiger partial charge is 0.351 e. The maximum atomic E-state index is 12.8. The molecule has 2 aromatic rings. The van der Waals surface area contributed by atoms with Gasteiger partial charge in [-0.05, 0) is 37.2 Å². The van der Waals surface area contributed by atoms with E-state index in [1.165, 1.54) is 6.07 Å². The molecule has 0 unspecified atom stereocenters. The summed E-state index contributed by atoms with van der Waals surface area (Å²) in [5, 5.41) is 3.92. The minimum absolute atomic E-state index is 0.00929. The number of hydrogen-bond donors (Lipinski definition) is 1. The van der Waals surface area contributed by atoms with Crippen molar-refractivity contribution in [3.05, 3.63) is 28.7 Å². The van der Waals surface area contributed by atoms with Crippen molar-refractivity contribution >= 4 is 27.0 Å². The summed E-state index contributed by atoms with van der Waals surface area (Å²) in [6, 6.07) is 3.07. The molecule has 0 aromatic carbocycles. The van der Waals surface area contributed by atoms with E-state index in [9.17, 15) is 26.4 Å². The van der Waals surface area contributed by atoms with Gasteiger partial charge < -0.3 is 5.32 Å².